The molecule has 0 aliphatic carbocycles. The van der Waals surface area contributed by atoms with Crippen LogP contribution in [-0.2, 0) is 23.2 Å². The van der Waals surface area contributed by atoms with Crippen molar-refractivity contribution in [2.24, 2.45) is 0 Å². The summed E-state index contributed by atoms with van der Waals surface area (Å²) in [6.07, 6.45) is 1.49. The minimum Gasteiger partial charge on any atom is -0.467 e. The van der Waals surface area contributed by atoms with E-state index >= 15 is 0 Å². The van der Waals surface area contributed by atoms with Crippen LogP contribution in [0, 0.1) is 5.82 Å². The van der Waals surface area contributed by atoms with Crippen LogP contribution in [0.4, 0.5) is 14.9 Å². The van der Waals surface area contributed by atoms with Crippen LogP contribution in [0.3, 0.4) is 0 Å². The quantitative estimate of drug-likeness (QED) is 0.534. The van der Waals surface area contributed by atoms with E-state index in [2.05, 4.69) is 5.32 Å². The van der Waals surface area contributed by atoms with Crippen LogP contribution < -0.4 is 9.50 Å². The fraction of sp³-hybridized carbons (Fsp3) is 0.190. The predicted octanol–water partition coefficient (Wildman–Crippen LogP) is 4.38. The number of amides is 2. The molecule has 3 rings (SSSR count). The van der Waals surface area contributed by atoms with E-state index in [-0.39, 0.29) is 30.3 Å². The lowest BCUT2D eigenvalue weighted by Crippen LogP contribution is -2.34. The number of carbonyl (C=O) groups is 1. The third kappa shape index (κ3) is 5.84. The van der Waals surface area contributed by atoms with Gasteiger partial charge in [0.25, 0.3) is 0 Å². The topological polar surface area (TPSA) is 88.9 Å². The number of rotatable bonds is 8. The molecule has 1 N–H and O–H groups in total. The van der Waals surface area contributed by atoms with E-state index in [1.807, 2.05) is 0 Å². The van der Waals surface area contributed by atoms with Crippen LogP contribution in [0.5, 0.6) is 5.75 Å². The molecule has 1 heterocycles. The molecule has 0 saturated heterocycles. The van der Waals surface area contributed by atoms with Gasteiger partial charge in [-0.2, -0.15) is 8.42 Å². The van der Waals surface area contributed by atoms with Crippen molar-refractivity contribution in [1.82, 2.24) is 4.90 Å². The van der Waals surface area contributed by atoms with Crippen molar-refractivity contribution >= 4 is 21.8 Å². The monoisotopic (exact) mass is 432 g/mol. The second-order valence-electron chi connectivity index (χ2n) is 6.42. The van der Waals surface area contributed by atoms with Gasteiger partial charge in [-0.15, -0.1) is 0 Å². The van der Waals surface area contributed by atoms with Crippen molar-refractivity contribution in [3.8, 4) is 5.75 Å². The number of carbonyl (C=O) groups excluding carboxylic acids is 1. The number of furan rings is 1. The van der Waals surface area contributed by atoms with Gasteiger partial charge >= 0.3 is 16.1 Å². The van der Waals surface area contributed by atoms with Crippen LogP contribution in [0.25, 0.3) is 0 Å². The first-order valence-electron chi connectivity index (χ1n) is 9.20. The molecule has 2 amide bonds. The highest BCUT2D eigenvalue weighted by Crippen LogP contribution is 2.20. The Morgan fingerprint density at radius 1 is 1.10 bits per heavy atom. The van der Waals surface area contributed by atoms with Gasteiger partial charge in [0.2, 0.25) is 0 Å². The maximum absolute atomic E-state index is 13.9. The van der Waals surface area contributed by atoms with Gasteiger partial charge in [-0.25, -0.2) is 9.18 Å². The molecule has 0 bridgehead atoms. The fourth-order valence-corrected chi connectivity index (χ4v) is 3.18. The smallest absolute Gasteiger partial charge is 0.322 e. The first-order chi connectivity index (χ1) is 14.4. The van der Waals surface area contributed by atoms with Crippen LogP contribution in [0.1, 0.15) is 18.2 Å². The van der Waals surface area contributed by atoms with Gasteiger partial charge in [0.05, 0.1) is 24.2 Å². The summed E-state index contributed by atoms with van der Waals surface area (Å²) in [5, 5.41) is 2.55. The third-order valence-electron chi connectivity index (χ3n) is 4.18. The first kappa shape index (κ1) is 21.4. The number of halogens is 1. The Morgan fingerprint density at radius 2 is 1.90 bits per heavy atom. The van der Waals surface area contributed by atoms with Gasteiger partial charge in [-0.05, 0) is 48.9 Å². The summed E-state index contributed by atoms with van der Waals surface area (Å²) in [6.45, 7) is 1.73. The normalized spacial score (nSPS) is 11.1. The van der Waals surface area contributed by atoms with Crippen LogP contribution >= 0.6 is 0 Å². The molecule has 3 aromatic rings. The van der Waals surface area contributed by atoms with Crippen molar-refractivity contribution in [3.63, 3.8) is 0 Å². The molecule has 7 nitrogen and oxygen atoms in total. The zero-order valence-electron chi connectivity index (χ0n) is 16.2. The zero-order valence-corrected chi connectivity index (χ0v) is 17.1. The maximum atomic E-state index is 13.9. The summed E-state index contributed by atoms with van der Waals surface area (Å²) in [7, 11) is -3.67. The van der Waals surface area contributed by atoms with E-state index in [9.17, 15) is 17.6 Å². The molecule has 0 saturated carbocycles. The molecule has 1 aromatic heterocycles. The zero-order chi connectivity index (χ0) is 21.6. The largest absolute Gasteiger partial charge is 0.467 e. The summed E-state index contributed by atoms with van der Waals surface area (Å²) in [6, 6.07) is 15.2. The standard InChI is InChI=1S/C21H21FN2O5S/c1-2-30(26,27)29-17-8-5-7-16(13-17)14-24(15-18-9-6-12-28-18)21(25)23-20-11-4-3-10-19(20)22/h3-13H,2,14-15H2,1H3,(H,23,25). The summed E-state index contributed by atoms with van der Waals surface area (Å²) in [5.41, 5.74) is 0.687. The Kier molecular flexibility index (Phi) is 6.73. The number of anilines is 1. The van der Waals surface area contributed by atoms with E-state index in [4.69, 9.17) is 8.60 Å². The molecule has 0 aliphatic rings. The minimum atomic E-state index is -3.67. The van der Waals surface area contributed by atoms with Crippen molar-refractivity contribution in [1.29, 1.82) is 0 Å². The van der Waals surface area contributed by atoms with Gasteiger partial charge < -0.3 is 18.8 Å². The number of hydrogen-bond donors (Lipinski definition) is 1. The number of urea groups is 1. The number of benzene rings is 2. The molecule has 0 atom stereocenters. The second-order valence-corrected chi connectivity index (χ2v) is 8.28. The molecule has 2 aromatic carbocycles. The van der Waals surface area contributed by atoms with Crippen molar-refractivity contribution in [3.05, 3.63) is 84.1 Å². The molecule has 0 unspecified atom stereocenters. The van der Waals surface area contributed by atoms with E-state index in [0.29, 0.717) is 11.3 Å². The Morgan fingerprint density at radius 3 is 2.60 bits per heavy atom. The fourth-order valence-electron chi connectivity index (χ4n) is 2.67. The van der Waals surface area contributed by atoms with E-state index in [1.165, 1.54) is 42.4 Å². The van der Waals surface area contributed by atoms with Gasteiger partial charge in [-0.1, -0.05) is 24.3 Å². The Hall–Kier alpha value is -3.33. The second kappa shape index (κ2) is 9.45. The summed E-state index contributed by atoms with van der Waals surface area (Å²) >= 11 is 0. The van der Waals surface area contributed by atoms with Crippen molar-refractivity contribution < 1.29 is 26.2 Å². The van der Waals surface area contributed by atoms with Gasteiger partial charge in [0, 0.05) is 6.54 Å². The van der Waals surface area contributed by atoms with E-state index in [1.54, 1.807) is 36.4 Å². The summed E-state index contributed by atoms with van der Waals surface area (Å²) in [4.78, 5) is 14.3. The Labute approximate surface area is 174 Å². The Bertz CT molecular complexity index is 1100. The number of nitrogens with zero attached hydrogens (tertiary/aromatic N) is 1. The van der Waals surface area contributed by atoms with Crippen molar-refractivity contribution in [2.75, 3.05) is 11.1 Å². The molecule has 0 spiro atoms. The highest BCUT2D eigenvalue weighted by Gasteiger charge is 2.18. The molecule has 0 aliphatic heterocycles. The number of hydrogen-bond acceptors (Lipinski definition) is 5. The maximum Gasteiger partial charge on any atom is 0.322 e. The lowest BCUT2D eigenvalue weighted by Gasteiger charge is -2.23. The molecule has 9 heteroatoms. The highest BCUT2D eigenvalue weighted by molar-refractivity contribution is 7.87. The SMILES string of the molecule is CCS(=O)(=O)Oc1cccc(CN(Cc2ccco2)C(=O)Nc2ccccc2F)c1. The summed E-state index contributed by atoms with van der Waals surface area (Å²) < 4.78 is 47.7. The molecule has 0 radical (unpaired) electrons. The Balaban J connectivity index is 1.81. The summed E-state index contributed by atoms with van der Waals surface area (Å²) in [5.74, 6) is -0.0159. The molecule has 30 heavy (non-hydrogen) atoms. The van der Waals surface area contributed by atoms with Gasteiger partial charge in [-0.3, -0.25) is 0 Å². The third-order valence-corrected chi connectivity index (χ3v) is 5.33. The van der Waals surface area contributed by atoms with E-state index < -0.39 is 22.0 Å². The average Bonchev–Trinajstić information content (AvgIpc) is 3.22. The molecular weight excluding hydrogens is 411 g/mol. The van der Waals surface area contributed by atoms with E-state index in [0.717, 1.165) is 0 Å². The lowest BCUT2D eigenvalue weighted by molar-refractivity contribution is 0.201. The minimum absolute atomic E-state index is 0.0538. The van der Waals surface area contributed by atoms with Crippen LogP contribution in [-0.4, -0.2) is 25.1 Å². The molecule has 158 valence electrons. The molecule has 0 fully saturated rings. The predicted molar refractivity (Wildman–Crippen MR) is 110 cm³/mol. The number of nitrogens with one attached hydrogen (secondary N) is 1. The number of para-hydroxylation sites is 1. The van der Waals surface area contributed by atoms with Gasteiger partial charge in [0.15, 0.2) is 0 Å². The lowest BCUT2D eigenvalue weighted by atomic mass is 10.2. The van der Waals surface area contributed by atoms with Crippen LogP contribution in [0.15, 0.2) is 71.3 Å². The molecular formula is C21H21FN2O5S. The average molecular weight is 432 g/mol. The highest BCUT2D eigenvalue weighted by atomic mass is 32.2. The van der Waals surface area contributed by atoms with Crippen molar-refractivity contribution in [2.45, 2.75) is 20.0 Å². The van der Waals surface area contributed by atoms with Gasteiger partial charge in [0.1, 0.15) is 17.3 Å². The van der Waals surface area contributed by atoms with Crippen LogP contribution in [0.2, 0.25) is 0 Å². The first-order valence-corrected chi connectivity index (χ1v) is 10.8.